The molecule has 0 radical (unpaired) electrons. The minimum absolute atomic E-state index is 0.105. The standard InChI is InChI=1S/C13H14F2N2O2/c14-12(15)8-17(5-6-18)13(19)10-2-1-9-3-4-16-11(9)7-10/h1-4,7,12,16,18H,5-6,8H2. The number of carbonyl (C=O) groups is 1. The van der Waals surface area contributed by atoms with Gasteiger partial charge in [-0.2, -0.15) is 0 Å². The maximum Gasteiger partial charge on any atom is 0.255 e. The molecule has 102 valence electrons. The summed E-state index contributed by atoms with van der Waals surface area (Å²) in [4.78, 5) is 16.0. The van der Waals surface area contributed by atoms with Gasteiger partial charge >= 0.3 is 0 Å². The molecule has 0 aliphatic rings. The van der Waals surface area contributed by atoms with Gasteiger partial charge in [-0.15, -0.1) is 0 Å². The zero-order valence-corrected chi connectivity index (χ0v) is 10.1. The summed E-state index contributed by atoms with van der Waals surface area (Å²) in [5.41, 5.74) is 1.09. The molecule has 0 saturated heterocycles. The number of halogens is 2. The first-order valence-corrected chi connectivity index (χ1v) is 5.87. The highest BCUT2D eigenvalue weighted by Crippen LogP contribution is 2.16. The summed E-state index contributed by atoms with van der Waals surface area (Å²) in [6.45, 7) is -1.13. The van der Waals surface area contributed by atoms with E-state index in [-0.39, 0.29) is 13.2 Å². The van der Waals surface area contributed by atoms with Crippen molar-refractivity contribution in [2.24, 2.45) is 0 Å². The minimum atomic E-state index is -2.62. The van der Waals surface area contributed by atoms with Crippen LogP contribution in [0.5, 0.6) is 0 Å². The first-order valence-electron chi connectivity index (χ1n) is 5.87. The van der Waals surface area contributed by atoms with Crippen LogP contribution in [0.25, 0.3) is 10.9 Å². The summed E-state index contributed by atoms with van der Waals surface area (Å²) in [7, 11) is 0. The van der Waals surface area contributed by atoms with Crippen molar-refractivity contribution in [3.05, 3.63) is 36.0 Å². The fourth-order valence-electron chi connectivity index (χ4n) is 1.93. The summed E-state index contributed by atoms with van der Waals surface area (Å²) in [5.74, 6) is -0.508. The van der Waals surface area contributed by atoms with Gasteiger partial charge in [0.1, 0.15) is 0 Å². The molecule has 0 spiro atoms. The molecule has 0 aliphatic heterocycles. The Morgan fingerprint density at radius 2 is 2.16 bits per heavy atom. The highest BCUT2D eigenvalue weighted by atomic mass is 19.3. The number of fused-ring (bicyclic) bond motifs is 1. The number of aliphatic hydroxyl groups is 1. The summed E-state index contributed by atoms with van der Waals surface area (Å²) >= 11 is 0. The number of nitrogens with one attached hydrogen (secondary N) is 1. The fourth-order valence-corrected chi connectivity index (χ4v) is 1.93. The second-order valence-corrected chi connectivity index (χ2v) is 4.15. The van der Waals surface area contributed by atoms with Crippen LogP contribution < -0.4 is 0 Å². The van der Waals surface area contributed by atoms with Crippen LogP contribution in [-0.4, -0.2) is 47.0 Å². The molecular formula is C13H14F2N2O2. The van der Waals surface area contributed by atoms with E-state index < -0.39 is 18.9 Å². The van der Waals surface area contributed by atoms with Crippen LogP contribution in [-0.2, 0) is 0 Å². The first kappa shape index (κ1) is 13.5. The lowest BCUT2D eigenvalue weighted by Gasteiger charge is -2.21. The van der Waals surface area contributed by atoms with Crippen molar-refractivity contribution in [2.75, 3.05) is 19.7 Å². The number of carbonyl (C=O) groups excluding carboxylic acids is 1. The number of aromatic nitrogens is 1. The SMILES string of the molecule is O=C(c1ccc2cc[nH]c2c1)N(CCO)CC(F)F. The van der Waals surface area contributed by atoms with Gasteiger partial charge in [0.15, 0.2) is 0 Å². The van der Waals surface area contributed by atoms with Crippen LogP contribution in [0.1, 0.15) is 10.4 Å². The normalized spacial score (nSPS) is 11.2. The fraction of sp³-hybridized carbons (Fsp3) is 0.308. The maximum absolute atomic E-state index is 12.4. The number of rotatable bonds is 5. The molecule has 0 fully saturated rings. The highest BCUT2D eigenvalue weighted by molar-refractivity contribution is 5.97. The number of benzene rings is 1. The summed E-state index contributed by atoms with van der Waals surface area (Å²) < 4.78 is 24.8. The van der Waals surface area contributed by atoms with E-state index in [1.165, 1.54) is 0 Å². The van der Waals surface area contributed by atoms with Crippen molar-refractivity contribution in [3.8, 4) is 0 Å². The number of hydrogen-bond acceptors (Lipinski definition) is 2. The Bertz CT molecular complexity index is 569. The van der Waals surface area contributed by atoms with Gasteiger partial charge in [0, 0.05) is 23.8 Å². The van der Waals surface area contributed by atoms with Crippen LogP contribution in [0, 0.1) is 0 Å². The lowest BCUT2D eigenvalue weighted by molar-refractivity contribution is 0.0509. The first-order chi connectivity index (χ1) is 9.11. The molecule has 0 unspecified atom stereocenters. The smallest absolute Gasteiger partial charge is 0.255 e. The molecule has 1 aromatic heterocycles. The van der Waals surface area contributed by atoms with Crippen molar-refractivity contribution < 1.29 is 18.7 Å². The van der Waals surface area contributed by atoms with Crippen molar-refractivity contribution >= 4 is 16.8 Å². The largest absolute Gasteiger partial charge is 0.395 e. The van der Waals surface area contributed by atoms with E-state index >= 15 is 0 Å². The predicted molar refractivity (Wildman–Crippen MR) is 67.3 cm³/mol. The van der Waals surface area contributed by atoms with E-state index in [2.05, 4.69) is 4.98 Å². The average Bonchev–Trinajstić information content (AvgIpc) is 2.84. The second kappa shape index (κ2) is 5.79. The summed E-state index contributed by atoms with van der Waals surface area (Å²) in [6, 6.07) is 6.81. The summed E-state index contributed by atoms with van der Waals surface area (Å²) in [5, 5.41) is 9.78. The monoisotopic (exact) mass is 268 g/mol. The molecule has 1 amide bonds. The number of hydrogen-bond donors (Lipinski definition) is 2. The van der Waals surface area contributed by atoms with E-state index in [0.29, 0.717) is 5.56 Å². The van der Waals surface area contributed by atoms with Crippen LogP contribution in [0.15, 0.2) is 30.5 Å². The Balaban J connectivity index is 2.24. The van der Waals surface area contributed by atoms with E-state index in [9.17, 15) is 13.6 Å². The van der Waals surface area contributed by atoms with Gasteiger partial charge in [-0.05, 0) is 23.6 Å². The van der Waals surface area contributed by atoms with E-state index in [1.54, 1.807) is 24.4 Å². The van der Waals surface area contributed by atoms with E-state index in [1.807, 2.05) is 6.07 Å². The van der Waals surface area contributed by atoms with Gasteiger partial charge in [-0.3, -0.25) is 4.79 Å². The predicted octanol–water partition coefficient (Wildman–Crippen LogP) is 1.87. The quantitative estimate of drug-likeness (QED) is 0.869. The van der Waals surface area contributed by atoms with Crippen molar-refractivity contribution in [1.82, 2.24) is 9.88 Å². The third kappa shape index (κ3) is 3.08. The zero-order valence-electron chi connectivity index (χ0n) is 10.1. The number of alkyl halides is 2. The molecule has 0 saturated carbocycles. The Hall–Kier alpha value is -1.95. The van der Waals surface area contributed by atoms with Gasteiger partial charge in [-0.1, -0.05) is 6.07 Å². The van der Waals surface area contributed by atoms with Crippen molar-refractivity contribution in [2.45, 2.75) is 6.43 Å². The van der Waals surface area contributed by atoms with Gasteiger partial charge in [-0.25, -0.2) is 8.78 Å². The molecule has 0 atom stereocenters. The van der Waals surface area contributed by atoms with Gasteiger partial charge in [0.05, 0.1) is 13.2 Å². The lowest BCUT2D eigenvalue weighted by atomic mass is 10.1. The average molecular weight is 268 g/mol. The summed E-state index contributed by atoms with van der Waals surface area (Å²) in [6.07, 6.45) is -0.881. The third-order valence-electron chi connectivity index (χ3n) is 2.82. The maximum atomic E-state index is 12.4. The van der Waals surface area contributed by atoms with Gasteiger partial charge in [0.25, 0.3) is 12.3 Å². The Kier molecular flexibility index (Phi) is 4.11. The number of aromatic amines is 1. The van der Waals surface area contributed by atoms with Crippen LogP contribution >= 0.6 is 0 Å². The molecule has 2 aromatic rings. The van der Waals surface area contributed by atoms with Gasteiger partial charge in [0.2, 0.25) is 0 Å². The molecule has 4 nitrogen and oxygen atoms in total. The van der Waals surface area contributed by atoms with Crippen LogP contribution in [0.3, 0.4) is 0 Å². The van der Waals surface area contributed by atoms with Crippen molar-refractivity contribution in [3.63, 3.8) is 0 Å². The topological polar surface area (TPSA) is 56.3 Å². The van der Waals surface area contributed by atoms with E-state index in [4.69, 9.17) is 5.11 Å². The Labute approximate surface area is 108 Å². The molecule has 1 heterocycles. The van der Waals surface area contributed by atoms with Gasteiger partial charge < -0.3 is 15.0 Å². The van der Waals surface area contributed by atoms with Crippen LogP contribution in [0.4, 0.5) is 8.78 Å². The number of amides is 1. The number of nitrogens with zero attached hydrogens (tertiary/aromatic N) is 1. The molecule has 19 heavy (non-hydrogen) atoms. The minimum Gasteiger partial charge on any atom is -0.395 e. The molecule has 0 bridgehead atoms. The molecule has 2 rings (SSSR count). The second-order valence-electron chi connectivity index (χ2n) is 4.15. The zero-order chi connectivity index (χ0) is 13.8. The van der Waals surface area contributed by atoms with Crippen molar-refractivity contribution in [1.29, 1.82) is 0 Å². The molecule has 2 N–H and O–H groups in total. The molecular weight excluding hydrogens is 254 g/mol. The molecule has 6 heteroatoms. The number of aliphatic hydroxyl groups excluding tert-OH is 1. The highest BCUT2D eigenvalue weighted by Gasteiger charge is 2.19. The molecule has 0 aliphatic carbocycles. The Morgan fingerprint density at radius 3 is 2.84 bits per heavy atom. The van der Waals surface area contributed by atoms with E-state index in [0.717, 1.165) is 15.8 Å². The van der Waals surface area contributed by atoms with Crippen LogP contribution in [0.2, 0.25) is 0 Å². The lowest BCUT2D eigenvalue weighted by Crippen LogP contribution is -2.37. The molecule has 1 aromatic carbocycles. The Morgan fingerprint density at radius 1 is 1.37 bits per heavy atom. The number of H-pyrrole nitrogens is 1. The third-order valence-corrected chi connectivity index (χ3v) is 2.82.